The monoisotopic (exact) mass is 469 g/mol. The normalized spacial score (nSPS) is 16.2. The molecule has 0 unspecified atom stereocenters. The van der Waals surface area contributed by atoms with Crippen LogP contribution in [0, 0.1) is 13.8 Å². The van der Waals surface area contributed by atoms with Crippen molar-refractivity contribution < 1.29 is 13.2 Å². The zero-order chi connectivity index (χ0) is 24.0. The van der Waals surface area contributed by atoms with E-state index >= 15 is 0 Å². The molecular formula is C26H35N3O3S. The molecule has 0 aromatic heterocycles. The van der Waals surface area contributed by atoms with Gasteiger partial charge in [-0.15, -0.1) is 0 Å². The zero-order valence-corrected chi connectivity index (χ0v) is 20.9. The Morgan fingerprint density at radius 2 is 1.70 bits per heavy atom. The predicted octanol–water partition coefficient (Wildman–Crippen LogP) is 3.71. The standard InChI is InChI=1S/C26H35N3O3S/c1-5-25(29(33(4,31)32)24-14-13-21(2)22(3)20-24)26(30)28-18-16-27(17-19-28)15-9-12-23-10-7-6-8-11-23/h6-14,20,25H,5,15-19H2,1-4H3/b12-9+/t25-/m1/s1. The van der Waals surface area contributed by atoms with Gasteiger partial charge in [0.05, 0.1) is 11.9 Å². The fourth-order valence-corrected chi connectivity index (χ4v) is 5.37. The summed E-state index contributed by atoms with van der Waals surface area (Å²) < 4.78 is 26.8. The Balaban J connectivity index is 1.67. The lowest BCUT2D eigenvalue weighted by Crippen LogP contribution is -2.56. The lowest BCUT2D eigenvalue weighted by Gasteiger charge is -2.38. The average Bonchev–Trinajstić information content (AvgIpc) is 2.79. The molecule has 7 heteroatoms. The van der Waals surface area contributed by atoms with Crippen molar-refractivity contribution in [3.05, 3.63) is 71.3 Å². The van der Waals surface area contributed by atoms with Crippen molar-refractivity contribution in [3.63, 3.8) is 0 Å². The molecule has 0 radical (unpaired) electrons. The maximum absolute atomic E-state index is 13.4. The SMILES string of the molecule is CC[C@H](C(=O)N1CCN(C/C=C/c2ccccc2)CC1)N(c1ccc(C)c(C)c1)S(C)(=O)=O. The summed E-state index contributed by atoms with van der Waals surface area (Å²) >= 11 is 0. The topological polar surface area (TPSA) is 60.9 Å². The third-order valence-electron chi connectivity index (χ3n) is 6.21. The predicted molar refractivity (Wildman–Crippen MR) is 136 cm³/mol. The Morgan fingerprint density at radius 3 is 2.27 bits per heavy atom. The highest BCUT2D eigenvalue weighted by Gasteiger charge is 2.35. The summed E-state index contributed by atoms with van der Waals surface area (Å²) in [6.45, 7) is 9.36. The zero-order valence-electron chi connectivity index (χ0n) is 20.1. The van der Waals surface area contributed by atoms with Gasteiger partial charge in [0.25, 0.3) is 0 Å². The second kappa shape index (κ2) is 11.0. The molecule has 0 aliphatic carbocycles. The van der Waals surface area contributed by atoms with Crippen LogP contribution in [0.25, 0.3) is 6.08 Å². The molecular weight excluding hydrogens is 434 g/mol. The summed E-state index contributed by atoms with van der Waals surface area (Å²) in [7, 11) is -3.63. The molecule has 2 aromatic rings. The van der Waals surface area contributed by atoms with Gasteiger partial charge in [0.2, 0.25) is 15.9 Å². The van der Waals surface area contributed by atoms with Gasteiger partial charge in [-0.2, -0.15) is 0 Å². The number of nitrogens with zero attached hydrogens (tertiary/aromatic N) is 3. The Labute approximate surface area is 198 Å². The third-order valence-corrected chi connectivity index (χ3v) is 7.39. The highest BCUT2D eigenvalue weighted by atomic mass is 32.2. The fraction of sp³-hybridized carbons (Fsp3) is 0.423. The molecule has 1 aliphatic heterocycles. The van der Waals surface area contributed by atoms with Crippen LogP contribution < -0.4 is 4.31 Å². The van der Waals surface area contributed by atoms with Gasteiger partial charge in [0, 0.05) is 32.7 Å². The van der Waals surface area contributed by atoms with E-state index in [9.17, 15) is 13.2 Å². The van der Waals surface area contributed by atoms with Crippen LogP contribution in [-0.4, -0.2) is 69.1 Å². The Kier molecular flexibility index (Phi) is 8.32. The number of hydrogen-bond donors (Lipinski definition) is 0. The van der Waals surface area contributed by atoms with Crippen molar-refractivity contribution in [1.29, 1.82) is 0 Å². The van der Waals surface area contributed by atoms with Crippen molar-refractivity contribution in [2.24, 2.45) is 0 Å². The highest BCUT2D eigenvalue weighted by Crippen LogP contribution is 2.26. The maximum atomic E-state index is 13.4. The van der Waals surface area contributed by atoms with E-state index in [0.29, 0.717) is 25.2 Å². The minimum Gasteiger partial charge on any atom is -0.338 e. The number of rotatable bonds is 8. The van der Waals surface area contributed by atoms with Gasteiger partial charge in [-0.3, -0.25) is 14.0 Å². The quantitative estimate of drug-likeness (QED) is 0.591. The van der Waals surface area contributed by atoms with Crippen LogP contribution in [-0.2, 0) is 14.8 Å². The smallest absolute Gasteiger partial charge is 0.246 e. The third kappa shape index (κ3) is 6.45. The lowest BCUT2D eigenvalue weighted by atomic mass is 10.1. The number of hydrogen-bond acceptors (Lipinski definition) is 4. The van der Waals surface area contributed by atoms with Gasteiger partial charge in [-0.1, -0.05) is 55.5 Å². The van der Waals surface area contributed by atoms with Gasteiger partial charge in [0.1, 0.15) is 6.04 Å². The number of aryl methyl sites for hydroxylation is 2. The molecule has 1 atom stereocenters. The van der Waals surface area contributed by atoms with E-state index in [1.54, 1.807) is 6.07 Å². The van der Waals surface area contributed by atoms with Crippen LogP contribution in [0.5, 0.6) is 0 Å². The summed E-state index contributed by atoms with van der Waals surface area (Å²) in [4.78, 5) is 17.6. The minimum absolute atomic E-state index is 0.124. The van der Waals surface area contributed by atoms with Crippen molar-refractivity contribution in [2.45, 2.75) is 33.2 Å². The summed E-state index contributed by atoms with van der Waals surface area (Å²) in [5.74, 6) is -0.124. The molecule has 0 saturated carbocycles. The molecule has 1 heterocycles. The lowest BCUT2D eigenvalue weighted by molar-refractivity contribution is -0.134. The van der Waals surface area contributed by atoms with Crippen LogP contribution in [0.15, 0.2) is 54.6 Å². The van der Waals surface area contributed by atoms with Crippen molar-refractivity contribution in [3.8, 4) is 0 Å². The molecule has 1 aliphatic rings. The second-order valence-electron chi connectivity index (χ2n) is 8.69. The molecule has 1 saturated heterocycles. The van der Waals surface area contributed by atoms with E-state index < -0.39 is 16.1 Å². The van der Waals surface area contributed by atoms with E-state index in [1.807, 2.05) is 56.0 Å². The molecule has 0 spiro atoms. The molecule has 1 fully saturated rings. The van der Waals surface area contributed by atoms with E-state index in [1.165, 1.54) is 16.1 Å². The van der Waals surface area contributed by atoms with E-state index in [4.69, 9.17) is 0 Å². The van der Waals surface area contributed by atoms with Crippen LogP contribution in [0.4, 0.5) is 5.69 Å². The summed E-state index contributed by atoms with van der Waals surface area (Å²) in [6, 6.07) is 15.0. The van der Waals surface area contributed by atoms with Crippen molar-refractivity contribution in [1.82, 2.24) is 9.80 Å². The molecule has 178 valence electrons. The molecule has 2 aromatic carbocycles. The first-order valence-electron chi connectivity index (χ1n) is 11.5. The minimum atomic E-state index is -3.63. The summed E-state index contributed by atoms with van der Waals surface area (Å²) in [5.41, 5.74) is 3.81. The summed E-state index contributed by atoms with van der Waals surface area (Å²) in [5, 5.41) is 0. The van der Waals surface area contributed by atoms with Crippen LogP contribution in [0.2, 0.25) is 0 Å². The van der Waals surface area contributed by atoms with Crippen molar-refractivity contribution >= 4 is 27.7 Å². The van der Waals surface area contributed by atoms with Gasteiger partial charge in [-0.25, -0.2) is 8.42 Å². The number of carbonyl (C=O) groups excluding carboxylic acids is 1. The van der Waals surface area contributed by atoms with Crippen LogP contribution in [0.3, 0.4) is 0 Å². The van der Waals surface area contributed by atoms with E-state index in [2.05, 4.69) is 29.2 Å². The first-order chi connectivity index (χ1) is 15.7. The van der Waals surface area contributed by atoms with Gasteiger partial charge < -0.3 is 4.90 Å². The highest BCUT2D eigenvalue weighted by molar-refractivity contribution is 7.92. The number of piperazine rings is 1. The fourth-order valence-electron chi connectivity index (χ4n) is 4.17. The Morgan fingerprint density at radius 1 is 1.03 bits per heavy atom. The number of amides is 1. The van der Waals surface area contributed by atoms with Crippen molar-refractivity contribution in [2.75, 3.05) is 43.3 Å². The van der Waals surface area contributed by atoms with Gasteiger partial charge in [0.15, 0.2) is 0 Å². The Bertz CT molecular complexity index is 1080. The summed E-state index contributed by atoms with van der Waals surface area (Å²) in [6.07, 6.45) is 5.85. The maximum Gasteiger partial charge on any atom is 0.246 e. The van der Waals surface area contributed by atoms with E-state index in [0.717, 1.165) is 30.8 Å². The first-order valence-corrected chi connectivity index (χ1v) is 13.3. The number of sulfonamides is 1. The second-order valence-corrected chi connectivity index (χ2v) is 10.5. The van der Waals surface area contributed by atoms with E-state index in [-0.39, 0.29) is 5.91 Å². The molecule has 0 bridgehead atoms. The van der Waals surface area contributed by atoms with Gasteiger partial charge in [-0.05, 0) is 49.1 Å². The molecule has 3 rings (SSSR count). The molecule has 1 amide bonds. The number of carbonyl (C=O) groups is 1. The molecule has 33 heavy (non-hydrogen) atoms. The first kappa shape index (κ1) is 25.0. The molecule has 0 N–H and O–H groups in total. The Hall–Kier alpha value is -2.64. The van der Waals surface area contributed by atoms with Gasteiger partial charge >= 0.3 is 0 Å². The largest absolute Gasteiger partial charge is 0.338 e. The van der Waals surface area contributed by atoms with Crippen LogP contribution in [0.1, 0.15) is 30.0 Å². The molecule has 6 nitrogen and oxygen atoms in total. The number of anilines is 1. The van der Waals surface area contributed by atoms with Crippen LogP contribution >= 0.6 is 0 Å². The average molecular weight is 470 g/mol. The number of benzene rings is 2.